The van der Waals surface area contributed by atoms with E-state index in [1.54, 1.807) is 60.7 Å². The molecule has 0 saturated heterocycles. The molecule has 0 heterocycles. The molecule has 41 heavy (non-hydrogen) atoms. The lowest BCUT2D eigenvalue weighted by molar-refractivity contribution is 0.242. The van der Waals surface area contributed by atoms with E-state index in [-0.39, 0.29) is 29.3 Å². The summed E-state index contributed by atoms with van der Waals surface area (Å²) in [5, 5.41) is 26.0. The SMILES string of the molecule is CC(C)Oc1ccc(O)cc1.CC(C)Oc1ccc(Oc2cccc(F)c2C#N)cc1.N#Cc1c(F)cccc1F. The van der Waals surface area contributed by atoms with Crippen LogP contribution in [-0.4, -0.2) is 17.3 Å². The van der Waals surface area contributed by atoms with Crippen LogP contribution in [0.2, 0.25) is 0 Å². The van der Waals surface area contributed by atoms with Gasteiger partial charge in [-0.1, -0.05) is 12.1 Å². The molecule has 0 radical (unpaired) electrons. The fourth-order valence-corrected chi connectivity index (χ4v) is 3.08. The maximum absolute atomic E-state index is 13.4. The van der Waals surface area contributed by atoms with Crippen molar-refractivity contribution in [2.24, 2.45) is 0 Å². The number of phenolic OH excluding ortho intramolecular Hbond substituents is 1. The third-order valence-corrected chi connectivity index (χ3v) is 4.79. The highest BCUT2D eigenvalue weighted by atomic mass is 19.1. The molecular weight excluding hydrogens is 533 g/mol. The minimum Gasteiger partial charge on any atom is -0.508 e. The molecule has 9 heteroatoms. The molecule has 0 aliphatic heterocycles. The number of hydrogen-bond donors (Lipinski definition) is 1. The molecule has 0 aliphatic carbocycles. The standard InChI is InChI=1S/C16H14FNO2.C9H12O2.C7H3F2N/c1-11(2)19-12-6-8-13(9-7-12)20-16-5-3-4-15(17)14(16)10-18;1-7(2)11-9-5-3-8(10)4-6-9;8-6-2-1-3-7(9)5(6)4-10/h3-9,11H,1-2H3;3-7,10H,1-2H3;1-3H. The quantitative estimate of drug-likeness (QED) is 0.254. The van der Waals surface area contributed by atoms with Gasteiger partial charge in [0, 0.05) is 0 Å². The lowest BCUT2D eigenvalue weighted by Crippen LogP contribution is -2.05. The van der Waals surface area contributed by atoms with E-state index >= 15 is 0 Å². The van der Waals surface area contributed by atoms with Gasteiger partial charge in [-0.15, -0.1) is 0 Å². The van der Waals surface area contributed by atoms with Gasteiger partial charge in [0.15, 0.2) is 0 Å². The highest BCUT2D eigenvalue weighted by molar-refractivity contribution is 5.46. The predicted molar refractivity (Wildman–Crippen MR) is 148 cm³/mol. The van der Waals surface area contributed by atoms with E-state index in [1.807, 2.05) is 27.7 Å². The van der Waals surface area contributed by atoms with Gasteiger partial charge in [-0.25, -0.2) is 13.2 Å². The van der Waals surface area contributed by atoms with Crippen LogP contribution in [0.25, 0.3) is 0 Å². The molecule has 0 bridgehead atoms. The molecule has 1 N–H and O–H groups in total. The molecule has 0 spiro atoms. The van der Waals surface area contributed by atoms with Crippen molar-refractivity contribution in [2.75, 3.05) is 0 Å². The van der Waals surface area contributed by atoms with Gasteiger partial charge in [0.2, 0.25) is 0 Å². The molecule has 4 rings (SSSR count). The van der Waals surface area contributed by atoms with E-state index in [9.17, 15) is 13.2 Å². The molecule has 0 aliphatic rings. The number of ether oxygens (including phenoxy) is 3. The normalized spacial score (nSPS) is 9.83. The Bertz CT molecular complexity index is 1460. The zero-order valence-electron chi connectivity index (χ0n) is 22.9. The highest BCUT2D eigenvalue weighted by Crippen LogP contribution is 2.28. The number of aromatic hydroxyl groups is 1. The summed E-state index contributed by atoms with van der Waals surface area (Å²) in [6.07, 6.45) is 0.273. The Hall–Kier alpha value is -5.15. The molecule has 0 amide bonds. The Morgan fingerprint density at radius 1 is 0.585 bits per heavy atom. The van der Waals surface area contributed by atoms with Crippen molar-refractivity contribution in [2.45, 2.75) is 39.9 Å². The van der Waals surface area contributed by atoms with Gasteiger partial charge >= 0.3 is 0 Å². The zero-order valence-corrected chi connectivity index (χ0v) is 22.9. The van der Waals surface area contributed by atoms with Gasteiger partial charge in [0.25, 0.3) is 0 Å². The number of rotatable bonds is 6. The summed E-state index contributed by atoms with van der Waals surface area (Å²) in [6, 6.07) is 24.5. The number of hydrogen-bond acceptors (Lipinski definition) is 6. The van der Waals surface area contributed by atoms with Gasteiger partial charge in [-0.2, -0.15) is 10.5 Å². The zero-order chi connectivity index (χ0) is 30.4. The summed E-state index contributed by atoms with van der Waals surface area (Å²) >= 11 is 0. The predicted octanol–water partition coefficient (Wildman–Crippen LogP) is 8.29. The van der Waals surface area contributed by atoms with Crippen LogP contribution in [-0.2, 0) is 0 Å². The number of halogens is 3. The molecule has 4 aromatic carbocycles. The van der Waals surface area contributed by atoms with Gasteiger partial charge < -0.3 is 19.3 Å². The van der Waals surface area contributed by atoms with E-state index in [0.29, 0.717) is 5.75 Å². The summed E-state index contributed by atoms with van der Waals surface area (Å²) in [5.41, 5.74) is -0.627. The van der Waals surface area contributed by atoms with Crippen molar-refractivity contribution in [1.82, 2.24) is 0 Å². The average molecular weight is 563 g/mol. The van der Waals surface area contributed by atoms with E-state index in [2.05, 4.69) is 0 Å². The average Bonchev–Trinajstić information content (AvgIpc) is 2.92. The van der Waals surface area contributed by atoms with Gasteiger partial charge in [-0.3, -0.25) is 0 Å². The molecule has 0 saturated carbocycles. The first-order valence-electron chi connectivity index (χ1n) is 12.5. The Morgan fingerprint density at radius 3 is 1.39 bits per heavy atom. The van der Waals surface area contributed by atoms with Crippen LogP contribution >= 0.6 is 0 Å². The third kappa shape index (κ3) is 10.9. The molecule has 0 atom stereocenters. The van der Waals surface area contributed by atoms with Crippen LogP contribution in [0.4, 0.5) is 13.2 Å². The van der Waals surface area contributed by atoms with Gasteiger partial charge in [-0.05, 0) is 100 Å². The van der Waals surface area contributed by atoms with Crippen LogP contribution in [0.5, 0.6) is 28.7 Å². The van der Waals surface area contributed by atoms with Gasteiger partial charge in [0.05, 0.1) is 12.2 Å². The highest BCUT2D eigenvalue weighted by Gasteiger charge is 2.10. The first-order valence-corrected chi connectivity index (χ1v) is 12.5. The molecule has 0 fully saturated rings. The summed E-state index contributed by atoms with van der Waals surface area (Å²) < 4.78 is 54.6. The van der Waals surface area contributed by atoms with Crippen molar-refractivity contribution >= 4 is 0 Å². The van der Waals surface area contributed by atoms with Crippen LogP contribution in [0.3, 0.4) is 0 Å². The monoisotopic (exact) mass is 562 g/mol. The summed E-state index contributed by atoms with van der Waals surface area (Å²) in [6.45, 7) is 7.81. The molecule has 212 valence electrons. The van der Waals surface area contributed by atoms with E-state index in [4.69, 9.17) is 29.8 Å². The second-order valence-corrected chi connectivity index (χ2v) is 8.83. The lowest BCUT2D eigenvalue weighted by atomic mass is 10.2. The first-order chi connectivity index (χ1) is 19.5. The van der Waals surface area contributed by atoms with E-state index < -0.39 is 23.0 Å². The minimum atomic E-state index is -0.817. The van der Waals surface area contributed by atoms with Crippen molar-refractivity contribution in [3.05, 3.63) is 114 Å². The Kier molecular flexibility index (Phi) is 12.6. The summed E-state index contributed by atoms with van der Waals surface area (Å²) in [4.78, 5) is 0. The maximum Gasteiger partial charge on any atom is 0.148 e. The Balaban J connectivity index is 0.000000236. The third-order valence-electron chi connectivity index (χ3n) is 4.79. The Morgan fingerprint density at radius 2 is 0.976 bits per heavy atom. The Labute approximate surface area is 237 Å². The fourth-order valence-electron chi connectivity index (χ4n) is 3.08. The topological polar surface area (TPSA) is 95.5 Å². The van der Waals surface area contributed by atoms with Crippen molar-refractivity contribution < 1.29 is 32.5 Å². The maximum atomic E-state index is 13.4. The van der Waals surface area contributed by atoms with Crippen LogP contribution in [0.1, 0.15) is 38.8 Å². The summed E-state index contributed by atoms with van der Waals surface area (Å²) in [7, 11) is 0. The summed E-state index contributed by atoms with van der Waals surface area (Å²) in [5.74, 6) is 0.272. The smallest absolute Gasteiger partial charge is 0.148 e. The lowest BCUT2D eigenvalue weighted by Gasteiger charge is -2.11. The van der Waals surface area contributed by atoms with Gasteiger partial charge in [0.1, 0.15) is 69.5 Å². The van der Waals surface area contributed by atoms with Crippen molar-refractivity contribution in [1.29, 1.82) is 10.5 Å². The fraction of sp³-hybridized carbons (Fsp3) is 0.188. The van der Waals surface area contributed by atoms with Crippen LogP contribution in [0, 0.1) is 40.1 Å². The first kappa shape index (κ1) is 32.1. The number of phenols is 1. The van der Waals surface area contributed by atoms with E-state index in [0.717, 1.165) is 23.6 Å². The van der Waals surface area contributed by atoms with Crippen LogP contribution < -0.4 is 14.2 Å². The molecule has 0 unspecified atom stereocenters. The number of nitriles is 2. The molecule has 4 aromatic rings. The largest absolute Gasteiger partial charge is 0.508 e. The number of nitrogens with zero attached hydrogens (tertiary/aromatic N) is 2. The number of benzene rings is 4. The second-order valence-electron chi connectivity index (χ2n) is 8.83. The van der Waals surface area contributed by atoms with E-state index in [1.165, 1.54) is 24.3 Å². The van der Waals surface area contributed by atoms with Crippen molar-refractivity contribution in [3.63, 3.8) is 0 Å². The molecular formula is C32H29F3N2O4. The van der Waals surface area contributed by atoms with Crippen LogP contribution in [0.15, 0.2) is 84.9 Å². The minimum absolute atomic E-state index is 0.0928. The molecule has 0 aromatic heterocycles. The second kappa shape index (κ2) is 16.1. The molecule has 6 nitrogen and oxygen atoms in total. The van der Waals surface area contributed by atoms with Crippen molar-refractivity contribution in [3.8, 4) is 40.9 Å².